The van der Waals surface area contributed by atoms with E-state index in [4.69, 9.17) is 0 Å². The van der Waals surface area contributed by atoms with Gasteiger partial charge in [-0.15, -0.1) is 21.5 Å². The van der Waals surface area contributed by atoms with E-state index in [1.54, 1.807) is 0 Å². The van der Waals surface area contributed by atoms with Crippen molar-refractivity contribution >= 4 is 28.2 Å². The molecule has 0 spiro atoms. The van der Waals surface area contributed by atoms with Crippen LogP contribution in [-0.4, -0.2) is 47.3 Å². The van der Waals surface area contributed by atoms with Gasteiger partial charge in [-0.2, -0.15) is 0 Å². The zero-order valence-electron chi connectivity index (χ0n) is 16.1. The van der Waals surface area contributed by atoms with Gasteiger partial charge >= 0.3 is 6.03 Å². The molecule has 1 saturated heterocycles. The molecule has 1 N–H and O–H groups in total. The molecule has 3 heterocycles. The van der Waals surface area contributed by atoms with Crippen LogP contribution in [0.5, 0.6) is 0 Å². The van der Waals surface area contributed by atoms with E-state index in [1.165, 1.54) is 22.5 Å². The number of hydrogen-bond acceptors (Lipinski definition) is 5. The van der Waals surface area contributed by atoms with E-state index in [9.17, 15) is 4.79 Å². The van der Waals surface area contributed by atoms with Gasteiger partial charge in [0.05, 0.1) is 10.7 Å². The van der Waals surface area contributed by atoms with Crippen LogP contribution in [0, 0.1) is 13.8 Å². The molecular formula is C21H23N5OS. The number of carbonyl (C=O) groups is 1. The van der Waals surface area contributed by atoms with Crippen molar-refractivity contribution in [3.05, 3.63) is 59.0 Å². The summed E-state index contributed by atoms with van der Waals surface area (Å²) in [5.41, 5.74) is 4.48. The van der Waals surface area contributed by atoms with Crippen LogP contribution >= 0.6 is 11.3 Å². The van der Waals surface area contributed by atoms with Crippen molar-refractivity contribution in [1.82, 2.24) is 15.1 Å². The molecule has 0 bridgehead atoms. The number of nitrogens with one attached hydrogen (secondary N) is 1. The lowest BCUT2D eigenvalue weighted by atomic mass is 10.0. The number of amides is 2. The number of piperazine rings is 1. The average Bonchev–Trinajstić information content (AvgIpc) is 3.23. The van der Waals surface area contributed by atoms with E-state index in [0.29, 0.717) is 13.1 Å². The molecular weight excluding hydrogens is 370 g/mol. The minimum atomic E-state index is -0.0433. The van der Waals surface area contributed by atoms with Crippen LogP contribution in [0.25, 0.3) is 11.3 Å². The molecule has 1 aromatic carbocycles. The minimum Gasteiger partial charge on any atom is -0.352 e. The lowest BCUT2D eigenvalue weighted by Crippen LogP contribution is -2.50. The van der Waals surface area contributed by atoms with Gasteiger partial charge in [0.2, 0.25) is 0 Å². The summed E-state index contributed by atoms with van der Waals surface area (Å²) >= 11 is 1.53. The number of aromatic nitrogens is 2. The SMILES string of the molecule is Cc1ccc(-c2ccc(N3CCN(C(=O)Nc4cccs4)CC3)nn2)cc1C. The first-order chi connectivity index (χ1) is 13.6. The Labute approximate surface area is 168 Å². The highest BCUT2D eigenvalue weighted by Crippen LogP contribution is 2.22. The van der Waals surface area contributed by atoms with Crippen LogP contribution in [-0.2, 0) is 0 Å². The number of benzene rings is 1. The van der Waals surface area contributed by atoms with Gasteiger partial charge in [0, 0.05) is 31.7 Å². The van der Waals surface area contributed by atoms with Crippen molar-refractivity contribution in [1.29, 1.82) is 0 Å². The molecule has 144 valence electrons. The first kappa shape index (κ1) is 18.4. The number of thiophene rings is 1. The summed E-state index contributed by atoms with van der Waals surface area (Å²) in [5.74, 6) is 0.853. The van der Waals surface area contributed by atoms with Crippen LogP contribution in [0.15, 0.2) is 47.8 Å². The molecule has 0 unspecified atom stereocenters. The molecule has 0 saturated carbocycles. The van der Waals surface area contributed by atoms with E-state index in [0.717, 1.165) is 35.2 Å². The number of anilines is 2. The van der Waals surface area contributed by atoms with E-state index in [2.05, 4.69) is 52.5 Å². The van der Waals surface area contributed by atoms with Crippen LogP contribution in [0.1, 0.15) is 11.1 Å². The largest absolute Gasteiger partial charge is 0.352 e. The van der Waals surface area contributed by atoms with E-state index in [-0.39, 0.29) is 6.03 Å². The number of carbonyl (C=O) groups excluding carboxylic acids is 1. The molecule has 4 rings (SSSR count). The zero-order chi connectivity index (χ0) is 19.5. The van der Waals surface area contributed by atoms with Gasteiger partial charge in [0.25, 0.3) is 0 Å². The molecule has 1 aliphatic rings. The van der Waals surface area contributed by atoms with E-state index < -0.39 is 0 Å². The summed E-state index contributed by atoms with van der Waals surface area (Å²) in [5, 5.41) is 14.6. The second-order valence-electron chi connectivity index (χ2n) is 6.96. The second-order valence-corrected chi connectivity index (χ2v) is 7.91. The maximum absolute atomic E-state index is 12.3. The first-order valence-corrected chi connectivity index (χ1v) is 10.2. The van der Waals surface area contributed by atoms with E-state index in [1.807, 2.05) is 34.5 Å². The Balaban J connectivity index is 1.37. The standard InChI is InChI=1S/C21H23N5OS/c1-15-5-6-17(14-16(15)2)18-7-8-19(24-23-18)25-9-11-26(12-10-25)21(27)22-20-4-3-13-28-20/h3-8,13-14H,9-12H2,1-2H3,(H,22,27). The number of rotatable bonds is 3. The summed E-state index contributed by atoms with van der Waals surface area (Å²) in [6, 6.07) is 14.2. The molecule has 0 atom stereocenters. The predicted molar refractivity (Wildman–Crippen MR) is 114 cm³/mol. The fraction of sp³-hybridized carbons (Fsp3) is 0.286. The zero-order valence-corrected chi connectivity index (χ0v) is 16.9. The highest BCUT2D eigenvalue weighted by Gasteiger charge is 2.22. The number of urea groups is 1. The molecule has 3 aromatic rings. The lowest BCUT2D eigenvalue weighted by Gasteiger charge is -2.35. The van der Waals surface area contributed by atoms with Gasteiger partial charge < -0.3 is 9.80 Å². The van der Waals surface area contributed by atoms with Gasteiger partial charge in [-0.3, -0.25) is 5.32 Å². The normalized spacial score (nSPS) is 14.2. The number of hydrogen-bond donors (Lipinski definition) is 1. The fourth-order valence-corrected chi connectivity index (χ4v) is 3.83. The molecule has 28 heavy (non-hydrogen) atoms. The molecule has 1 fully saturated rings. The van der Waals surface area contributed by atoms with Crippen molar-refractivity contribution in [3.8, 4) is 11.3 Å². The molecule has 1 aliphatic heterocycles. The van der Waals surface area contributed by atoms with Gasteiger partial charge in [-0.25, -0.2) is 4.79 Å². The number of aryl methyl sites for hydroxylation is 2. The maximum atomic E-state index is 12.3. The first-order valence-electron chi connectivity index (χ1n) is 9.36. The van der Waals surface area contributed by atoms with E-state index >= 15 is 0 Å². The third-order valence-electron chi connectivity index (χ3n) is 5.10. The Morgan fingerprint density at radius 2 is 1.82 bits per heavy atom. The topological polar surface area (TPSA) is 61.4 Å². The van der Waals surface area contributed by atoms with Crippen molar-refractivity contribution in [2.24, 2.45) is 0 Å². The summed E-state index contributed by atoms with van der Waals surface area (Å²) in [6.07, 6.45) is 0. The van der Waals surface area contributed by atoms with Crippen LogP contribution in [0.2, 0.25) is 0 Å². The van der Waals surface area contributed by atoms with Gasteiger partial charge in [-0.05, 0) is 60.7 Å². The summed E-state index contributed by atoms with van der Waals surface area (Å²) < 4.78 is 0. The summed E-state index contributed by atoms with van der Waals surface area (Å²) in [6.45, 7) is 7.03. The monoisotopic (exact) mass is 393 g/mol. The molecule has 0 radical (unpaired) electrons. The Morgan fingerprint density at radius 3 is 2.46 bits per heavy atom. The second kappa shape index (κ2) is 7.98. The van der Waals surface area contributed by atoms with Gasteiger partial charge in [0.15, 0.2) is 5.82 Å². The average molecular weight is 394 g/mol. The quantitative estimate of drug-likeness (QED) is 0.725. The molecule has 7 heteroatoms. The lowest BCUT2D eigenvalue weighted by molar-refractivity contribution is 0.208. The van der Waals surface area contributed by atoms with Crippen LogP contribution in [0.3, 0.4) is 0 Å². The fourth-order valence-electron chi connectivity index (χ4n) is 3.22. The van der Waals surface area contributed by atoms with Crippen molar-refractivity contribution in [3.63, 3.8) is 0 Å². The maximum Gasteiger partial charge on any atom is 0.322 e. The minimum absolute atomic E-state index is 0.0433. The molecule has 2 amide bonds. The van der Waals surface area contributed by atoms with Crippen LogP contribution < -0.4 is 10.2 Å². The number of nitrogens with zero attached hydrogens (tertiary/aromatic N) is 4. The van der Waals surface area contributed by atoms with Gasteiger partial charge in [0.1, 0.15) is 0 Å². The Morgan fingerprint density at radius 1 is 1.00 bits per heavy atom. The third-order valence-corrected chi connectivity index (χ3v) is 5.88. The van der Waals surface area contributed by atoms with Crippen molar-refractivity contribution < 1.29 is 4.79 Å². The van der Waals surface area contributed by atoms with Crippen molar-refractivity contribution in [2.75, 3.05) is 36.4 Å². The third kappa shape index (κ3) is 3.99. The molecule has 6 nitrogen and oxygen atoms in total. The van der Waals surface area contributed by atoms with Gasteiger partial charge in [-0.1, -0.05) is 12.1 Å². The highest BCUT2D eigenvalue weighted by atomic mass is 32.1. The smallest absolute Gasteiger partial charge is 0.322 e. The van der Waals surface area contributed by atoms with Crippen molar-refractivity contribution in [2.45, 2.75) is 13.8 Å². The Bertz CT molecular complexity index is 947. The predicted octanol–water partition coefficient (Wildman–Crippen LogP) is 4.18. The molecule has 2 aromatic heterocycles. The highest BCUT2D eigenvalue weighted by molar-refractivity contribution is 7.14. The Kier molecular flexibility index (Phi) is 5.25. The van der Waals surface area contributed by atoms with Crippen LogP contribution in [0.4, 0.5) is 15.6 Å². The summed E-state index contributed by atoms with van der Waals surface area (Å²) in [4.78, 5) is 16.3. The Hall–Kier alpha value is -2.93. The summed E-state index contributed by atoms with van der Waals surface area (Å²) in [7, 11) is 0. The molecule has 0 aliphatic carbocycles.